The number of phenolic OH excluding ortho intramolecular Hbond substituents is 3. The van der Waals surface area contributed by atoms with E-state index in [0.717, 1.165) is 19.2 Å². The number of carbonyl (C=O) groups excluding carboxylic acids is 2. The number of benzene rings is 2. The molecule has 1 unspecified atom stereocenters. The predicted molar refractivity (Wildman–Crippen MR) is 94.7 cm³/mol. The molecule has 0 aliphatic heterocycles. The zero-order valence-electron chi connectivity index (χ0n) is 14.3. The highest BCUT2D eigenvalue weighted by molar-refractivity contribution is 6.35. The van der Waals surface area contributed by atoms with Crippen LogP contribution in [0.2, 0.25) is 5.02 Å². The smallest absolute Gasteiger partial charge is 0.313 e. The summed E-state index contributed by atoms with van der Waals surface area (Å²) in [5, 5.41) is 50.2. The first kappa shape index (κ1) is 20.5. The SMILES string of the molecule is CN(O)C(=O)C(=O)CC(O)(Cc1cccc(Cl)c1)c1ccc(O)c(O)c1O. The fourth-order valence-electron chi connectivity index (χ4n) is 2.70. The van der Waals surface area contributed by atoms with E-state index in [2.05, 4.69) is 0 Å². The van der Waals surface area contributed by atoms with E-state index in [4.69, 9.17) is 16.8 Å². The first-order chi connectivity index (χ1) is 12.5. The molecule has 0 bridgehead atoms. The summed E-state index contributed by atoms with van der Waals surface area (Å²) in [6.07, 6.45) is -1.06. The highest BCUT2D eigenvalue weighted by Gasteiger charge is 2.38. The maximum absolute atomic E-state index is 12.2. The summed E-state index contributed by atoms with van der Waals surface area (Å²) in [6, 6.07) is 8.49. The number of ketones is 1. The number of amides is 1. The van der Waals surface area contributed by atoms with Crippen LogP contribution in [-0.2, 0) is 21.6 Å². The molecule has 1 amide bonds. The molecule has 0 spiro atoms. The number of hydrogen-bond acceptors (Lipinski definition) is 7. The summed E-state index contributed by atoms with van der Waals surface area (Å²) in [6.45, 7) is 0. The van der Waals surface area contributed by atoms with E-state index in [1.54, 1.807) is 18.2 Å². The monoisotopic (exact) mass is 395 g/mol. The van der Waals surface area contributed by atoms with E-state index in [1.807, 2.05) is 0 Å². The molecule has 8 nitrogen and oxygen atoms in total. The highest BCUT2D eigenvalue weighted by Crippen LogP contribution is 2.44. The summed E-state index contributed by atoms with van der Waals surface area (Å²) < 4.78 is 0. The number of phenols is 3. The minimum atomic E-state index is -2.14. The molecule has 2 rings (SSSR count). The average Bonchev–Trinajstić information content (AvgIpc) is 2.58. The number of likely N-dealkylation sites (N-methyl/N-ethyl adjacent to an activating group) is 1. The Morgan fingerprint density at radius 1 is 1.11 bits per heavy atom. The van der Waals surface area contributed by atoms with Gasteiger partial charge < -0.3 is 20.4 Å². The molecule has 0 fully saturated rings. The first-order valence-electron chi connectivity index (χ1n) is 7.76. The van der Waals surface area contributed by atoms with Crippen LogP contribution in [0.4, 0.5) is 0 Å². The minimum Gasteiger partial charge on any atom is -0.504 e. The van der Waals surface area contributed by atoms with Crippen molar-refractivity contribution >= 4 is 23.3 Å². The molecular formula is C18H18ClNO7. The van der Waals surface area contributed by atoms with E-state index in [-0.39, 0.29) is 17.0 Å². The Balaban J connectivity index is 2.52. The van der Waals surface area contributed by atoms with E-state index in [1.165, 1.54) is 6.07 Å². The van der Waals surface area contributed by atoms with Crippen molar-refractivity contribution in [1.82, 2.24) is 5.06 Å². The molecule has 27 heavy (non-hydrogen) atoms. The number of nitrogens with zero attached hydrogens (tertiary/aromatic N) is 1. The Hall–Kier alpha value is -2.81. The van der Waals surface area contributed by atoms with Crippen LogP contribution >= 0.6 is 11.6 Å². The largest absolute Gasteiger partial charge is 0.504 e. The quantitative estimate of drug-likeness (QED) is 0.217. The number of carbonyl (C=O) groups is 2. The maximum Gasteiger partial charge on any atom is 0.313 e. The highest BCUT2D eigenvalue weighted by atomic mass is 35.5. The van der Waals surface area contributed by atoms with Crippen molar-refractivity contribution in [3.05, 3.63) is 52.5 Å². The molecule has 5 N–H and O–H groups in total. The Bertz CT molecular complexity index is 884. The van der Waals surface area contributed by atoms with E-state index in [9.17, 15) is 30.0 Å². The molecule has 0 saturated heterocycles. The lowest BCUT2D eigenvalue weighted by Gasteiger charge is -2.29. The molecule has 144 valence electrons. The predicted octanol–water partition coefficient (Wildman–Crippen LogP) is 1.69. The Kier molecular flexibility index (Phi) is 5.94. The van der Waals surface area contributed by atoms with Crippen molar-refractivity contribution in [2.24, 2.45) is 0 Å². The Labute approximate surface area is 159 Å². The summed E-state index contributed by atoms with van der Waals surface area (Å²) in [5.74, 6) is -4.73. The fraction of sp³-hybridized carbons (Fsp3) is 0.222. The van der Waals surface area contributed by atoms with Gasteiger partial charge in [-0.3, -0.25) is 14.8 Å². The summed E-state index contributed by atoms with van der Waals surface area (Å²) in [4.78, 5) is 23.9. The van der Waals surface area contributed by atoms with Crippen molar-refractivity contribution in [3.63, 3.8) is 0 Å². The second kappa shape index (κ2) is 7.83. The van der Waals surface area contributed by atoms with E-state index >= 15 is 0 Å². The van der Waals surface area contributed by atoms with Gasteiger partial charge in [0.2, 0.25) is 11.5 Å². The number of aliphatic hydroxyl groups is 1. The Morgan fingerprint density at radius 2 is 1.78 bits per heavy atom. The van der Waals surface area contributed by atoms with Crippen LogP contribution in [0.25, 0.3) is 0 Å². The van der Waals surface area contributed by atoms with Crippen LogP contribution in [0.1, 0.15) is 17.5 Å². The third-order valence-corrected chi connectivity index (χ3v) is 4.24. The van der Waals surface area contributed by atoms with Gasteiger partial charge in [-0.25, -0.2) is 5.06 Å². The van der Waals surface area contributed by atoms with Gasteiger partial charge in [0, 0.05) is 30.5 Å². The molecule has 2 aromatic rings. The van der Waals surface area contributed by atoms with E-state index < -0.39 is 41.0 Å². The molecule has 0 radical (unpaired) electrons. The van der Waals surface area contributed by atoms with Gasteiger partial charge in [-0.2, -0.15) is 0 Å². The van der Waals surface area contributed by atoms with Crippen molar-refractivity contribution in [1.29, 1.82) is 0 Å². The normalized spacial score (nSPS) is 13.0. The second-order valence-electron chi connectivity index (χ2n) is 6.10. The second-order valence-corrected chi connectivity index (χ2v) is 6.53. The average molecular weight is 396 g/mol. The molecule has 9 heteroatoms. The van der Waals surface area contributed by atoms with Crippen LogP contribution in [0.15, 0.2) is 36.4 Å². The number of Topliss-reactive ketones (excluding diaryl/α,β-unsaturated/α-hetero) is 1. The van der Waals surface area contributed by atoms with Crippen molar-refractivity contribution in [2.75, 3.05) is 7.05 Å². The summed E-state index contributed by atoms with van der Waals surface area (Å²) in [5.41, 5.74) is -1.93. The number of rotatable bonds is 6. The van der Waals surface area contributed by atoms with Gasteiger partial charge in [-0.15, -0.1) is 0 Å². The lowest BCUT2D eigenvalue weighted by molar-refractivity contribution is -0.167. The number of aromatic hydroxyl groups is 3. The van der Waals surface area contributed by atoms with Crippen LogP contribution < -0.4 is 0 Å². The lowest BCUT2D eigenvalue weighted by Crippen LogP contribution is -2.38. The summed E-state index contributed by atoms with van der Waals surface area (Å²) in [7, 11) is 0.958. The molecular weight excluding hydrogens is 378 g/mol. The Morgan fingerprint density at radius 3 is 2.37 bits per heavy atom. The fourth-order valence-corrected chi connectivity index (χ4v) is 2.92. The molecule has 0 aromatic heterocycles. The molecule has 0 heterocycles. The zero-order valence-corrected chi connectivity index (χ0v) is 15.0. The van der Waals surface area contributed by atoms with Crippen LogP contribution in [-0.4, -0.2) is 49.4 Å². The van der Waals surface area contributed by atoms with Gasteiger partial charge in [-0.1, -0.05) is 23.7 Å². The molecule has 1 atom stereocenters. The molecule has 0 saturated carbocycles. The van der Waals surface area contributed by atoms with Gasteiger partial charge >= 0.3 is 5.91 Å². The molecule has 0 aliphatic rings. The molecule has 2 aromatic carbocycles. The van der Waals surface area contributed by atoms with Gasteiger partial charge in [0.1, 0.15) is 5.60 Å². The number of hydrogen-bond donors (Lipinski definition) is 5. The first-order valence-corrected chi connectivity index (χ1v) is 8.14. The van der Waals surface area contributed by atoms with Gasteiger partial charge in [0.05, 0.1) is 0 Å². The number of halogens is 1. The van der Waals surface area contributed by atoms with Gasteiger partial charge in [-0.05, 0) is 29.8 Å². The van der Waals surface area contributed by atoms with Crippen LogP contribution in [0, 0.1) is 0 Å². The summed E-state index contributed by atoms with van der Waals surface area (Å²) >= 11 is 5.93. The van der Waals surface area contributed by atoms with Crippen LogP contribution in [0.3, 0.4) is 0 Å². The third kappa shape index (κ3) is 4.48. The number of hydroxylamine groups is 2. The molecule has 0 aliphatic carbocycles. The zero-order chi connectivity index (χ0) is 20.4. The topological polar surface area (TPSA) is 139 Å². The third-order valence-electron chi connectivity index (χ3n) is 4.00. The minimum absolute atomic E-state index is 0.0797. The lowest BCUT2D eigenvalue weighted by atomic mass is 9.82. The van der Waals surface area contributed by atoms with Gasteiger partial charge in [0.25, 0.3) is 0 Å². The van der Waals surface area contributed by atoms with Crippen molar-refractivity contribution < 1.29 is 35.2 Å². The maximum atomic E-state index is 12.2. The van der Waals surface area contributed by atoms with Crippen molar-refractivity contribution in [2.45, 2.75) is 18.4 Å². The van der Waals surface area contributed by atoms with Crippen molar-refractivity contribution in [3.8, 4) is 17.2 Å². The standard InChI is InChI=1S/C18H18ClNO7/c1-20(27)17(25)14(22)9-18(26,8-10-3-2-4-11(19)7-10)12-5-6-13(21)16(24)15(12)23/h2-7,21,23-24,26-27H,8-9H2,1H3. The van der Waals surface area contributed by atoms with Gasteiger partial charge in [0.15, 0.2) is 11.5 Å². The van der Waals surface area contributed by atoms with Crippen LogP contribution in [0.5, 0.6) is 17.2 Å². The van der Waals surface area contributed by atoms with E-state index in [0.29, 0.717) is 10.6 Å².